The lowest BCUT2D eigenvalue weighted by atomic mass is 9.98. The van der Waals surface area contributed by atoms with Crippen LogP contribution in [0.15, 0.2) is 21.3 Å². The van der Waals surface area contributed by atoms with E-state index < -0.39 is 5.76 Å². The normalized spacial score (nSPS) is 18.9. The number of hydrogen-bond acceptors (Lipinski definition) is 4. The molecule has 1 aromatic carbocycles. The fraction of sp³-hybridized carbons (Fsp3) is 0.533. The summed E-state index contributed by atoms with van der Waals surface area (Å²) >= 11 is 0. The van der Waals surface area contributed by atoms with Gasteiger partial charge in [-0.25, -0.2) is 4.79 Å². The van der Waals surface area contributed by atoms with E-state index in [2.05, 4.69) is 10.3 Å². The zero-order valence-electron chi connectivity index (χ0n) is 11.3. The van der Waals surface area contributed by atoms with E-state index in [9.17, 15) is 4.79 Å². The molecule has 0 unspecified atom stereocenters. The predicted octanol–water partition coefficient (Wildman–Crippen LogP) is 2.55. The summed E-state index contributed by atoms with van der Waals surface area (Å²) in [5.41, 5.74) is 8.76. The fourth-order valence-electron chi connectivity index (χ4n) is 3.16. The second-order valence-corrected chi connectivity index (χ2v) is 6.17. The third-order valence-corrected chi connectivity index (χ3v) is 4.57. The number of anilines is 2. The Morgan fingerprint density at radius 3 is 2.65 bits per heavy atom. The number of oxazole rings is 1. The monoisotopic (exact) mass is 273 g/mol. The minimum atomic E-state index is -0.439. The minimum absolute atomic E-state index is 0.439. The molecule has 2 aliphatic carbocycles. The minimum Gasteiger partial charge on any atom is -0.408 e. The highest BCUT2D eigenvalue weighted by Gasteiger charge is 2.41. The second-order valence-electron chi connectivity index (χ2n) is 6.17. The number of rotatable bonds is 5. The van der Waals surface area contributed by atoms with Gasteiger partial charge >= 0.3 is 5.76 Å². The van der Waals surface area contributed by atoms with Gasteiger partial charge in [0, 0.05) is 12.6 Å². The van der Waals surface area contributed by atoms with E-state index in [1.54, 1.807) is 6.07 Å². The molecule has 5 heteroatoms. The quantitative estimate of drug-likeness (QED) is 0.731. The van der Waals surface area contributed by atoms with Crippen molar-refractivity contribution in [1.82, 2.24) is 4.98 Å². The van der Waals surface area contributed by atoms with Gasteiger partial charge in [-0.1, -0.05) is 0 Å². The Morgan fingerprint density at radius 1 is 1.30 bits per heavy atom. The summed E-state index contributed by atoms with van der Waals surface area (Å²) in [6.07, 6.45) is 5.53. The molecule has 1 heterocycles. The van der Waals surface area contributed by atoms with Crippen LogP contribution >= 0.6 is 0 Å². The molecule has 1 aromatic heterocycles. The number of nitrogen functional groups attached to an aromatic ring is 1. The highest BCUT2D eigenvalue weighted by molar-refractivity contribution is 5.85. The van der Waals surface area contributed by atoms with E-state index >= 15 is 0 Å². The third kappa shape index (κ3) is 2.17. The van der Waals surface area contributed by atoms with Crippen molar-refractivity contribution in [3.8, 4) is 0 Å². The predicted molar refractivity (Wildman–Crippen MR) is 78.7 cm³/mol. The summed E-state index contributed by atoms with van der Waals surface area (Å²) in [4.78, 5) is 13.9. The SMILES string of the molecule is Nc1cc2oc(=O)[nH]c2cc1NCC(C1CC1)C1CC1. The largest absolute Gasteiger partial charge is 0.417 e. The lowest BCUT2D eigenvalue weighted by Gasteiger charge is -2.18. The summed E-state index contributed by atoms with van der Waals surface area (Å²) in [7, 11) is 0. The number of aromatic amines is 1. The molecule has 20 heavy (non-hydrogen) atoms. The second kappa shape index (κ2) is 4.30. The fourth-order valence-corrected chi connectivity index (χ4v) is 3.16. The van der Waals surface area contributed by atoms with Crippen molar-refractivity contribution in [2.75, 3.05) is 17.6 Å². The Balaban J connectivity index is 1.55. The number of fused-ring (bicyclic) bond motifs is 1. The van der Waals surface area contributed by atoms with Crippen molar-refractivity contribution in [1.29, 1.82) is 0 Å². The Kier molecular flexibility index (Phi) is 2.55. The van der Waals surface area contributed by atoms with Gasteiger partial charge in [0.15, 0.2) is 5.58 Å². The summed E-state index contributed by atoms with van der Waals surface area (Å²) in [5, 5.41) is 3.47. The highest BCUT2D eigenvalue weighted by Crippen LogP contribution is 2.49. The topological polar surface area (TPSA) is 84.0 Å². The molecule has 2 saturated carbocycles. The lowest BCUT2D eigenvalue weighted by molar-refractivity contribution is 0.428. The smallest absolute Gasteiger partial charge is 0.408 e. The number of benzene rings is 1. The van der Waals surface area contributed by atoms with Crippen LogP contribution in [0.1, 0.15) is 25.7 Å². The van der Waals surface area contributed by atoms with Crippen LogP contribution < -0.4 is 16.8 Å². The van der Waals surface area contributed by atoms with Crippen LogP contribution in [0.2, 0.25) is 0 Å². The molecule has 2 fully saturated rings. The summed E-state index contributed by atoms with van der Waals surface area (Å²) < 4.78 is 5.01. The number of nitrogens with two attached hydrogens (primary N) is 1. The molecule has 4 rings (SSSR count). The molecule has 2 aliphatic rings. The zero-order valence-corrected chi connectivity index (χ0v) is 11.3. The van der Waals surface area contributed by atoms with Crippen LogP contribution in [0.25, 0.3) is 11.1 Å². The molecule has 0 atom stereocenters. The van der Waals surface area contributed by atoms with Crippen LogP contribution in [0.4, 0.5) is 11.4 Å². The van der Waals surface area contributed by atoms with Crippen molar-refractivity contribution in [3.05, 3.63) is 22.7 Å². The highest BCUT2D eigenvalue weighted by atomic mass is 16.4. The van der Waals surface area contributed by atoms with Gasteiger partial charge in [-0.2, -0.15) is 0 Å². The number of hydrogen-bond donors (Lipinski definition) is 3. The van der Waals surface area contributed by atoms with E-state index in [1.807, 2.05) is 6.07 Å². The van der Waals surface area contributed by atoms with E-state index in [0.717, 1.165) is 30.0 Å². The summed E-state index contributed by atoms with van der Waals surface area (Å²) in [6.45, 7) is 0.979. The van der Waals surface area contributed by atoms with Gasteiger partial charge in [0.2, 0.25) is 0 Å². The van der Waals surface area contributed by atoms with E-state index in [0.29, 0.717) is 16.8 Å². The molecule has 106 valence electrons. The molecule has 0 radical (unpaired) electrons. The van der Waals surface area contributed by atoms with Gasteiger partial charge in [-0.15, -0.1) is 0 Å². The first kappa shape index (κ1) is 11.9. The number of H-pyrrole nitrogens is 1. The van der Waals surface area contributed by atoms with Gasteiger partial charge in [-0.3, -0.25) is 4.98 Å². The molecule has 4 N–H and O–H groups in total. The molecule has 0 bridgehead atoms. The van der Waals surface area contributed by atoms with Gasteiger partial charge in [0.05, 0.1) is 16.9 Å². The van der Waals surface area contributed by atoms with E-state index in [1.165, 1.54) is 25.7 Å². The Bertz CT molecular complexity index is 683. The van der Waals surface area contributed by atoms with Gasteiger partial charge in [0.25, 0.3) is 0 Å². The molecular weight excluding hydrogens is 254 g/mol. The molecule has 0 aliphatic heterocycles. The molecule has 0 amide bonds. The first-order valence-electron chi connectivity index (χ1n) is 7.37. The molecule has 5 nitrogen and oxygen atoms in total. The third-order valence-electron chi connectivity index (χ3n) is 4.57. The molecular formula is C15H19N3O2. The van der Waals surface area contributed by atoms with E-state index in [4.69, 9.17) is 10.2 Å². The average molecular weight is 273 g/mol. The number of nitrogens with one attached hydrogen (secondary N) is 2. The van der Waals surface area contributed by atoms with Crippen molar-refractivity contribution in [2.45, 2.75) is 25.7 Å². The van der Waals surface area contributed by atoms with Crippen molar-refractivity contribution >= 4 is 22.5 Å². The van der Waals surface area contributed by atoms with E-state index in [-0.39, 0.29) is 0 Å². The van der Waals surface area contributed by atoms with Crippen molar-refractivity contribution < 1.29 is 4.42 Å². The van der Waals surface area contributed by atoms with Gasteiger partial charge in [0.1, 0.15) is 0 Å². The summed E-state index contributed by atoms with van der Waals surface area (Å²) in [5.74, 6) is 2.17. The zero-order chi connectivity index (χ0) is 13.7. The maximum absolute atomic E-state index is 11.2. The first-order valence-corrected chi connectivity index (χ1v) is 7.37. The number of aromatic nitrogens is 1. The Morgan fingerprint density at radius 2 is 2.00 bits per heavy atom. The van der Waals surface area contributed by atoms with Crippen molar-refractivity contribution in [3.63, 3.8) is 0 Å². The maximum atomic E-state index is 11.2. The van der Waals surface area contributed by atoms with Crippen LogP contribution in [-0.2, 0) is 0 Å². The maximum Gasteiger partial charge on any atom is 0.417 e. The van der Waals surface area contributed by atoms with Gasteiger partial charge in [-0.05, 0) is 49.5 Å². The standard InChI is InChI=1S/C15H19N3O2/c16-11-5-14-13(18-15(19)20-14)6-12(11)17-7-10(8-1-2-8)9-3-4-9/h5-6,8-10,17H,1-4,7,16H2,(H,18,19). The van der Waals surface area contributed by atoms with Crippen LogP contribution in [0.3, 0.4) is 0 Å². The Hall–Kier alpha value is -1.91. The molecule has 0 saturated heterocycles. The van der Waals surface area contributed by atoms with Crippen LogP contribution in [0.5, 0.6) is 0 Å². The van der Waals surface area contributed by atoms with Crippen LogP contribution in [0, 0.1) is 17.8 Å². The van der Waals surface area contributed by atoms with Crippen LogP contribution in [-0.4, -0.2) is 11.5 Å². The molecule has 0 spiro atoms. The summed E-state index contributed by atoms with van der Waals surface area (Å²) in [6, 6.07) is 3.57. The molecule has 2 aromatic rings. The first-order chi connectivity index (χ1) is 9.70. The average Bonchev–Trinajstić information content (AvgIpc) is 3.29. The van der Waals surface area contributed by atoms with Crippen molar-refractivity contribution in [2.24, 2.45) is 17.8 Å². The Labute approximate surface area is 116 Å². The lowest BCUT2D eigenvalue weighted by Crippen LogP contribution is -2.18. The van der Waals surface area contributed by atoms with Gasteiger partial charge < -0.3 is 15.5 Å².